The van der Waals surface area contributed by atoms with Crippen LogP contribution in [0.1, 0.15) is 303 Å². The van der Waals surface area contributed by atoms with Crippen LogP contribution in [-0.4, -0.2) is 37.2 Å². The Labute approximate surface area is 500 Å². The molecule has 0 radical (unpaired) electrons. The van der Waals surface area contributed by atoms with Gasteiger partial charge in [0.05, 0.1) is 0 Å². The zero-order valence-electron chi connectivity index (χ0n) is 52.8. The summed E-state index contributed by atoms with van der Waals surface area (Å²) >= 11 is 0. The molecule has 0 saturated heterocycles. The first-order chi connectivity index (χ1) is 40.0. The van der Waals surface area contributed by atoms with E-state index in [9.17, 15) is 14.4 Å². The van der Waals surface area contributed by atoms with Crippen molar-refractivity contribution in [3.8, 4) is 0 Å². The van der Waals surface area contributed by atoms with E-state index in [-0.39, 0.29) is 44.0 Å². The maximum Gasteiger partial charge on any atom is 0.306 e. The van der Waals surface area contributed by atoms with Crippen LogP contribution in [-0.2, 0) is 28.6 Å². The first kappa shape index (κ1) is 76.5. The Hall–Kier alpha value is -4.45. The lowest BCUT2D eigenvalue weighted by Crippen LogP contribution is -2.30. The average molecular weight is 1120 g/mol. The fraction of sp³-hybridized carbons (Fsp3) is 0.667. The van der Waals surface area contributed by atoms with Crippen LogP contribution in [0.4, 0.5) is 0 Å². The van der Waals surface area contributed by atoms with Crippen molar-refractivity contribution < 1.29 is 28.6 Å². The topological polar surface area (TPSA) is 78.9 Å². The average Bonchev–Trinajstić information content (AvgIpc) is 3.46. The van der Waals surface area contributed by atoms with Crippen molar-refractivity contribution >= 4 is 17.9 Å². The number of hydrogen-bond acceptors (Lipinski definition) is 6. The molecule has 0 saturated carbocycles. The van der Waals surface area contributed by atoms with E-state index in [0.29, 0.717) is 12.8 Å². The lowest BCUT2D eigenvalue weighted by molar-refractivity contribution is -0.166. The van der Waals surface area contributed by atoms with Crippen LogP contribution in [0.25, 0.3) is 0 Å². The molecule has 1 atom stereocenters. The number of ether oxygens (including phenoxy) is 3. The zero-order chi connectivity index (χ0) is 58.5. The van der Waals surface area contributed by atoms with E-state index in [2.05, 4.69) is 148 Å². The maximum atomic E-state index is 12.9. The highest BCUT2D eigenvalue weighted by Gasteiger charge is 2.19. The van der Waals surface area contributed by atoms with Crippen LogP contribution in [0.15, 0.2) is 134 Å². The summed E-state index contributed by atoms with van der Waals surface area (Å²) in [6.07, 6.45) is 96.5. The van der Waals surface area contributed by atoms with Gasteiger partial charge in [-0.2, -0.15) is 0 Å². The molecule has 0 heterocycles. The molecule has 0 aliphatic carbocycles. The lowest BCUT2D eigenvalue weighted by atomic mass is 10.0. The highest BCUT2D eigenvalue weighted by atomic mass is 16.6. The number of carbonyl (C=O) groups is 3. The predicted molar refractivity (Wildman–Crippen MR) is 353 cm³/mol. The Morgan fingerprint density at radius 2 is 0.506 bits per heavy atom. The molecule has 0 spiro atoms. The molecule has 1 unspecified atom stereocenters. The second kappa shape index (κ2) is 68.1. The van der Waals surface area contributed by atoms with Gasteiger partial charge in [-0.3, -0.25) is 14.4 Å². The fourth-order valence-corrected chi connectivity index (χ4v) is 9.16. The third-order valence-electron chi connectivity index (χ3n) is 14.1. The Bertz CT molecular complexity index is 1720. The van der Waals surface area contributed by atoms with E-state index in [4.69, 9.17) is 14.2 Å². The van der Waals surface area contributed by atoms with Gasteiger partial charge in [-0.25, -0.2) is 0 Å². The van der Waals surface area contributed by atoms with Crippen molar-refractivity contribution in [1.29, 1.82) is 0 Å². The molecule has 6 heteroatoms. The molecule has 6 nitrogen and oxygen atoms in total. The second-order valence-corrected chi connectivity index (χ2v) is 22.0. The van der Waals surface area contributed by atoms with Gasteiger partial charge in [0, 0.05) is 19.3 Å². The van der Waals surface area contributed by atoms with Gasteiger partial charge in [-0.05, 0) is 122 Å². The van der Waals surface area contributed by atoms with Crippen LogP contribution in [0, 0.1) is 0 Å². The molecule has 0 aromatic rings. The number of carbonyl (C=O) groups excluding carboxylic acids is 3. The number of rotatable bonds is 60. The molecule has 0 aliphatic heterocycles. The van der Waals surface area contributed by atoms with Crippen LogP contribution in [0.5, 0.6) is 0 Å². The van der Waals surface area contributed by atoms with Crippen LogP contribution in [0.2, 0.25) is 0 Å². The fourth-order valence-electron chi connectivity index (χ4n) is 9.16. The van der Waals surface area contributed by atoms with Crippen molar-refractivity contribution in [3.05, 3.63) is 134 Å². The van der Waals surface area contributed by atoms with Crippen molar-refractivity contribution in [2.75, 3.05) is 13.2 Å². The quantitative estimate of drug-likeness (QED) is 0.0261. The van der Waals surface area contributed by atoms with E-state index >= 15 is 0 Å². The van der Waals surface area contributed by atoms with Gasteiger partial charge in [-0.15, -0.1) is 0 Å². The molecule has 0 aromatic carbocycles. The van der Waals surface area contributed by atoms with E-state index < -0.39 is 6.10 Å². The summed E-state index contributed by atoms with van der Waals surface area (Å²) in [6, 6.07) is 0. The van der Waals surface area contributed by atoms with Gasteiger partial charge in [0.2, 0.25) is 0 Å². The van der Waals surface area contributed by atoms with Crippen molar-refractivity contribution in [2.24, 2.45) is 0 Å². The van der Waals surface area contributed by atoms with E-state index in [1.807, 2.05) is 6.08 Å². The van der Waals surface area contributed by atoms with Crippen molar-refractivity contribution in [1.82, 2.24) is 0 Å². The summed E-state index contributed by atoms with van der Waals surface area (Å²) < 4.78 is 16.8. The Balaban J connectivity index is 4.24. The molecule has 0 fully saturated rings. The monoisotopic (exact) mass is 1120 g/mol. The van der Waals surface area contributed by atoms with E-state index in [1.165, 1.54) is 141 Å². The summed E-state index contributed by atoms with van der Waals surface area (Å²) in [5.74, 6) is -1.02. The second-order valence-electron chi connectivity index (χ2n) is 22.0. The molecular weight excluding hydrogens is 997 g/mol. The number of unbranched alkanes of at least 4 members (excludes halogenated alkanes) is 27. The Morgan fingerprint density at radius 3 is 0.827 bits per heavy atom. The highest BCUT2D eigenvalue weighted by Crippen LogP contribution is 2.16. The molecule has 0 rings (SSSR count). The van der Waals surface area contributed by atoms with Crippen LogP contribution in [0.3, 0.4) is 0 Å². The van der Waals surface area contributed by atoms with Gasteiger partial charge in [0.15, 0.2) is 6.10 Å². The molecule has 460 valence electrons. The van der Waals surface area contributed by atoms with E-state index in [1.54, 1.807) is 0 Å². The number of hydrogen-bond donors (Lipinski definition) is 0. The largest absolute Gasteiger partial charge is 0.462 e. The van der Waals surface area contributed by atoms with Gasteiger partial charge < -0.3 is 14.2 Å². The molecule has 0 N–H and O–H groups in total. The normalized spacial score (nSPS) is 13.0. The summed E-state index contributed by atoms with van der Waals surface area (Å²) in [7, 11) is 0. The number of esters is 3. The standard InChI is InChI=1S/C75H124O6/c1-4-7-10-13-16-19-22-25-27-29-30-31-32-33-34-35-36-37-38-39-40-41-42-43-44-46-47-50-53-56-59-62-65-68-74(77)80-71-72(70-79-73(76)67-64-61-58-55-52-49-24-21-18-15-12-9-6-3)81-75(78)69-66-63-60-57-54-51-48-45-28-26-23-20-17-14-11-8-5-2/h8-9,11-12,17-18,20-22,25-26,28-30,32-33,48-49,51-52,58,61,72H,4-7,10,13-16,19,23-24,27,31,34-47,50,53-57,59-60,62-71H2,1-3H3/b11-8-,12-9-,20-17-,21-18-,25-22-,28-26-,30-29-,33-32-,51-48-,52-49-,61-58-. The van der Waals surface area contributed by atoms with Crippen molar-refractivity contribution in [3.63, 3.8) is 0 Å². The lowest BCUT2D eigenvalue weighted by Gasteiger charge is -2.18. The van der Waals surface area contributed by atoms with Crippen LogP contribution < -0.4 is 0 Å². The predicted octanol–water partition coefficient (Wildman–Crippen LogP) is 23.3. The summed E-state index contributed by atoms with van der Waals surface area (Å²) in [5, 5.41) is 0. The zero-order valence-corrected chi connectivity index (χ0v) is 52.8. The molecule has 0 bridgehead atoms. The SMILES string of the molecule is CC/C=C\C/C=C\C/C=C\C/C=C\CCCCCCC(=O)OC(COC(=O)CC/C=C\C/C=C\C/C=C\C/C=C\CC)COC(=O)CCCCCCCCCCCCCCCCCCCC/C=C\C/C=C\C/C=C\CCCCCCC. The number of allylic oxidation sites excluding steroid dienone is 22. The first-order valence-corrected chi connectivity index (χ1v) is 33.7. The van der Waals surface area contributed by atoms with Gasteiger partial charge in [-0.1, -0.05) is 296 Å². The van der Waals surface area contributed by atoms with Crippen LogP contribution >= 0.6 is 0 Å². The van der Waals surface area contributed by atoms with Gasteiger partial charge in [0.1, 0.15) is 13.2 Å². The molecule has 0 amide bonds. The summed E-state index contributed by atoms with van der Waals surface area (Å²) in [6.45, 7) is 6.33. The Kier molecular flexibility index (Phi) is 64.3. The maximum absolute atomic E-state index is 12.9. The minimum atomic E-state index is -0.824. The third-order valence-corrected chi connectivity index (χ3v) is 14.1. The van der Waals surface area contributed by atoms with Crippen molar-refractivity contribution in [2.45, 2.75) is 309 Å². The molecule has 81 heavy (non-hydrogen) atoms. The minimum absolute atomic E-state index is 0.112. The molecule has 0 aliphatic rings. The van der Waals surface area contributed by atoms with E-state index in [0.717, 1.165) is 116 Å². The Morgan fingerprint density at radius 1 is 0.259 bits per heavy atom. The molecule has 0 aromatic heterocycles. The van der Waals surface area contributed by atoms with Gasteiger partial charge >= 0.3 is 17.9 Å². The highest BCUT2D eigenvalue weighted by molar-refractivity contribution is 5.71. The minimum Gasteiger partial charge on any atom is -0.462 e. The third kappa shape index (κ3) is 66.2. The smallest absolute Gasteiger partial charge is 0.306 e. The first-order valence-electron chi connectivity index (χ1n) is 33.7. The van der Waals surface area contributed by atoms with Gasteiger partial charge in [0.25, 0.3) is 0 Å². The molecular formula is C75H124O6. The summed E-state index contributed by atoms with van der Waals surface area (Å²) in [4.78, 5) is 38.2. The summed E-state index contributed by atoms with van der Waals surface area (Å²) in [5.41, 5.74) is 0.